The van der Waals surface area contributed by atoms with Crippen molar-refractivity contribution in [3.63, 3.8) is 0 Å². The molecule has 3 aromatic rings. The summed E-state index contributed by atoms with van der Waals surface area (Å²) in [5, 5.41) is 9.81. The quantitative estimate of drug-likeness (QED) is 0.669. The standard InChI is InChI=1S/C16H11N3/c17-10-11-1-3-12(4-2-11)15-7-5-13-9-14(18)6-8-16(13)19-15/h1-9H,18H2. The Bertz CT molecular complexity index is 783. The first-order valence-electron chi connectivity index (χ1n) is 5.93. The molecule has 0 amide bonds. The van der Waals surface area contributed by atoms with Crippen molar-refractivity contribution < 1.29 is 0 Å². The summed E-state index contributed by atoms with van der Waals surface area (Å²) in [7, 11) is 0. The largest absolute Gasteiger partial charge is 0.399 e. The van der Waals surface area contributed by atoms with E-state index in [1.54, 1.807) is 12.1 Å². The Balaban J connectivity index is 2.09. The van der Waals surface area contributed by atoms with Gasteiger partial charge < -0.3 is 5.73 Å². The van der Waals surface area contributed by atoms with Gasteiger partial charge in [-0.2, -0.15) is 5.26 Å². The summed E-state index contributed by atoms with van der Waals surface area (Å²) >= 11 is 0. The van der Waals surface area contributed by atoms with E-state index in [1.165, 1.54) is 0 Å². The minimum Gasteiger partial charge on any atom is -0.399 e. The highest BCUT2D eigenvalue weighted by atomic mass is 14.7. The average Bonchev–Trinajstić information content (AvgIpc) is 2.47. The summed E-state index contributed by atoms with van der Waals surface area (Å²) in [6, 6.07) is 19.1. The number of rotatable bonds is 1. The molecule has 1 heterocycles. The van der Waals surface area contributed by atoms with Crippen LogP contribution in [0, 0.1) is 11.3 Å². The summed E-state index contributed by atoms with van der Waals surface area (Å²) in [6.45, 7) is 0. The summed E-state index contributed by atoms with van der Waals surface area (Å²) in [5.41, 5.74) is 9.93. The third-order valence-corrected chi connectivity index (χ3v) is 3.02. The molecule has 3 heteroatoms. The zero-order valence-corrected chi connectivity index (χ0v) is 10.2. The molecule has 1 aromatic heterocycles. The first kappa shape index (κ1) is 11.2. The fourth-order valence-corrected chi connectivity index (χ4v) is 2.02. The lowest BCUT2D eigenvalue weighted by Crippen LogP contribution is -1.88. The van der Waals surface area contributed by atoms with E-state index in [0.717, 1.165) is 27.8 Å². The molecular weight excluding hydrogens is 234 g/mol. The van der Waals surface area contributed by atoms with Crippen molar-refractivity contribution in [3.8, 4) is 17.3 Å². The van der Waals surface area contributed by atoms with Crippen LogP contribution >= 0.6 is 0 Å². The molecule has 2 N–H and O–H groups in total. The maximum Gasteiger partial charge on any atom is 0.0991 e. The van der Waals surface area contributed by atoms with Gasteiger partial charge in [0.1, 0.15) is 0 Å². The van der Waals surface area contributed by atoms with Gasteiger partial charge in [0, 0.05) is 16.6 Å². The minimum absolute atomic E-state index is 0.650. The lowest BCUT2D eigenvalue weighted by molar-refractivity contribution is 1.39. The van der Waals surface area contributed by atoms with Gasteiger partial charge in [-0.15, -0.1) is 0 Å². The Labute approximate surface area is 110 Å². The molecule has 0 spiro atoms. The van der Waals surface area contributed by atoms with Crippen molar-refractivity contribution in [2.75, 3.05) is 5.73 Å². The first-order valence-corrected chi connectivity index (χ1v) is 5.93. The molecule has 0 aliphatic rings. The molecule has 3 nitrogen and oxygen atoms in total. The molecule has 0 atom stereocenters. The second-order valence-electron chi connectivity index (χ2n) is 4.34. The van der Waals surface area contributed by atoms with Crippen LogP contribution in [0.3, 0.4) is 0 Å². The first-order chi connectivity index (χ1) is 9.26. The van der Waals surface area contributed by atoms with Crippen LogP contribution < -0.4 is 5.73 Å². The maximum absolute atomic E-state index is 8.79. The Morgan fingerprint density at radius 2 is 1.74 bits per heavy atom. The number of hydrogen-bond acceptors (Lipinski definition) is 3. The van der Waals surface area contributed by atoms with E-state index in [0.29, 0.717) is 5.56 Å². The molecule has 0 saturated heterocycles. The van der Waals surface area contributed by atoms with Crippen molar-refractivity contribution in [2.45, 2.75) is 0 Å². The topological polar surface area (TPSA) is 62.7 Å². The van der Waals surface area contributed by atoms with E-state index in [4.69, 9.17) is 11.0 Å². The molecule has 0 aliphatic heterocycles. The van der Waals surface area contributed by atoms with Gasteiger partial charge in [-0.3, -0.25) is 0 Å². The van der Waals surface area contributed by atoms with Crippen LogP contribution in [-0.4, -0.2) is 4.98 Å². The third kappa shape index (κ3) is 2.12. The van der Waals surface area contributed by atoms with Gasteiger partial charge >= 0.3 is 0 Å². The zero-order chi connectivity index (χ0) is 13.2. The molecule has 90 valence electrons. The Kier molecular flexibility index (Phi) is 2.62. The van der Waals surface area contributed by atoms with Crippen molar-refractivity contribution in [1.82, 2.24) is 4.98 Å². The molecule has 0 radical (unpaired) electrons. The van der Waals surface area contributed by atoms with Gasteiger partial charge in [-0.05, 0) is 36.4 Å². The zero-order valence-electron chi connectivity index (χ0n) is 10.2. The fourth-order valence-electron chi connectivity index (χ4n) is 2.02. The van der Waals surface area contributed by atoms with E-state index in [2.05, 4.69) is 11.1 Å². The number of pyridine rings is 1. The van der Waals surface area contributed by atoms with E-state index in [-0.39, 0.29) is 0 Å². The van der Waals surface area contributed by atoms with Crippen LogP contribution in [0.15, 0.2) is 54.6 Å². The molecule has 3 rings (SSSR count). The molecule has 2 aromatic carbocycles. The summed E-state index contributed by atoms with van der Waals surface area (Å²) in [4.78, 5) is 4.60. The summed E-state index contributed by atoms with van der Waals surface area (Å²) < 4.78 is 0. The fraction of sp³-hybridized carbons (Fsp3) is 0. The molecule has 0 unspecified atom stereocenters. The van der Waals surface area contributed by atoms with Crippen molar-refractivity contribution >= 4 is 16.6 Å². The van der Waals surface area contributed by atoms with Crippen LogP contribution in [-0.2, 0) is 0 Å². The number of nitriles is 1. The highest BCUT2D eigenvalue weighted by Crippen LogP contribution is 2.22. The Hall–Kier alpha value is -2.86. The predicted molar refractivity (Wildman–Crippen MR) is 76.3 cm³/mol. The van der Waals surface area contributed by atoms with E-state index in [9.17, 15) is 0 Å². The number of anilines is 1. The van der Waals surface area contributed by atoms with E-state index in [1.807, 2.05) is 42.5 Å². The summed E-state index contributed by atoms with van der Waals surface area (Å²) in [5.74, 6) is 0. The van der Waals surface area contributed by atoms with Gasteiger partial charge in [0.25, 0.3) is 0 Å². The van der Waals surface area contributed by atoms with Crippen LogP contribution in [0.1, 0.15) is 5.56 Å². The van der Waals surface area contributed by atoms with Crippen LogP contribution in [0.2, 0.25) is 0 Å². The number of nitrogen functional groups attached to an aromatic ring is 1. The molecule has 0 saturated carbocycles. The lowest BCUT2D eigenvalue weighted by Gasteiger charge is -2.04. The average molecular weight is 245 g/mol. The number of fused-ring (bicyclic) bond motifs is 1. The number of nitrogens with two attached hydrogens (primary N) is 1. The monoisotopic (exact) mass is 245 g/mol. The highest BCUT2D eigenvalue weighted by Gasteiger charge is 2.02. The number of benzene rings is 2. The second kappa shape index (κ2) is 4.43. The maximum atomic E-state index is 8.79. The van der Waals surface area contributed by atoms with Crippen LogP contribution in [0.25, 0.3) is 22.2 Å². The minimum atomic E-state index is 0.650. The number of nitrogens with zero attached hydrogens (tertiary/aromatic N) is 2. The van der Waals surface area contributed by atoms with Crippen LogP contribution in [0.4, 0.5) is 5.69 Å². The summed E-state index contributed by atoms with van der Waals surface area (Å²) in [6.07, 6.45) is 0. The number of aromatic nitrogens is 1. The van der Waals surface area contributed by atoms with Gasteiger partial charge in [-0.1, -0.05) is 18.2 Å². The van der Waals surface area contributed by atoms with E-state index >= 15 is 0 Å². The highest BCUT2D eigenvalue weighted by molar-refractivity contribution is 5.84. The molecule has 0 bridgehead atoms. The normalized spacial score (nSPS) is 10.3. The third-order valence-electron chi connectivity index (χ3n) is 3.02. The predicted octanol–water partition coefficient (Wildman–Crippen LogP) is 3.36. The van der Waals surface area contributed by atoms with E-state index < -0.39 is 0 Å². The van der Waals surface area contributed by atoms with Crippen molar-refractivity contribution in [1.29, 1.82) is 5.26 Å². The molecule has 0 aliphatic carbocycles. The smallest absolute Gasteiger partial charge is 0.0991 e. The molecular formula is C16H11N3. The van der Waals surface area contributed by atoms with Gasteiger partial charge in [0.2, 0.25) is 0 Å². The number of hydrogen-bond donors (Lipinski definition) is 1. The van der Waals surface area contributed by atoms with Gasteiger partial charge in [0.15, 0.2) is 0 Å². The Morgan fingerprint density at radius 3 is 2.47 bits per heavy atom. The SMILES string of the molecule is N#Cc1ccc(-c2ccc3cc(N)ccc3n2)cc1. The molecule has 0 fully saturated rings. The Morgan fingerprint density at radius 1 is 0.947 bits per heavy atom. The van der Waals surface area contributed by atoms with Crippen molar-refractivity contribution in [3.05, 3.63) is 60.2 Å². The lowest BCUT2D eigenvalue weighted by atomic mass is 10.1. The second-order valence-corrected chi connectivity index (χ2v) is 4.34. The van der Waals surface area contributed by atoms with Gasteiger partial charge in [0.05, 0.1) is 22.8 Å². The van der Waals surface area contributed by atoms with Gasteiger partial charge in [-0.25, -0.2) is 4.98 Å². The molecule has 19 heavy (non-hydrogen) atoms. The van der Waals surface area contributed by atoms with Crippen molar-refractivity contribution in [2.24, 2.45) is 0 Å². The van der Waals surface area contributed by atoms with Crippen LogP contribution in [0.5, 0.6) is 0 Å².